The lowest BCUT2D eigenvalue weighted by Crippen LogP contribution is -2.62. The first-order valence-electron chi connectivity index (χ1n) is 7.49. The first-order chi connectivity index (χ1) is 8.22. The summed E-state index contributed by atoms with van der Waals surface area (Å²) in [5.74, 6) is 0.911. The summed E-state index contributed by atoms with van der Waals surface area (Å²) in [6.07, 6.45) is 10.1. The Kier molecular flexibility index (Phi) is 4.24. The van der Waals surface area contributed by atoms with Crippen LogP contribution in [0.1, 0.15) is 65.2 Å². The molecule has 0 aromatic carbocycles. The van der Waals surface area contributed by atoms with Gasteiger partial charge in [-0.2, -0.15) is 0 Å². The molecule has 17 heavy (non-hydrogen) atoms. The van der Waals surface area contributed by atoms with Crippen LogP contribution in [0, 0.1) is 5.92 Å². The van der Waals surface area contributed by atoms with E-state index in [1.54, 1.807) is 0 Å². The average Bonchev–Trinajstić information content (AvgIpc) is 2.35. The highest BCUT2D eigenvalue weighted by Crippen LogP contribution is 2.43. The number of Topliss-reactive ketones (excluding diaryl/α,β-unsaturated/α-hetero) is 1. The molecule has 2 heteroatoms. The van der Waals surface area contributed by atoms with Crippen molar-refractivity contribution < 1.29 is 4.79 Å². The van der Waals surface area contributed by atoms with Crippen molar-refractivity contribution >= 4 is 5.78 Å². The van der Waals surface area contributed by atoms with Crippen LogP contribution in [0.25, 0.3) is 0 Å². The number of piperidine rings is 3. The molecule has 0 aromatic rings. The molecule has 0 saturated carbocycles. The Morgan fingerprint density at radius 1 is 1.24 bits per heavy atom. The molecule has 0 radical (unpaired) electrons. The van der Waals surface area contributed by atoms with Crippen LogP contribution < -0.4 is 0 Å². The molecule has 2 nitrogen and oxygen atoms in total. The Bertz CT molecular complexity index is 266. The van der Waals surface area contributed by atoms with Gasteiger partial charge in [0.05, 0.1) is 6.54 Å². The molecule has 3 rings (SSSR count). The molecular formula is C15H27NO. The fourth-order valence-corrected chi connectivity index (χ4v) is 3.73. The second-order valence-corrected chi connectivity index (χ2v) is 6.01. The van der Waals surface area contributed by atoms with Gasteiger partial charge < -0.3 is 0 Å². The van der Waals surface area contributed by atoms with E-state index in [2.05, 4.69) is 18.7 Å². The van der Waals surface area contributed by atoms with Crippen molar-refractivity contribution in [2.75, 3.05) is 13.1 Å². The van der Waals surface area contributed by atoms with Crippen LogP contribution in [0.3, 0.4) is 0 Å². The fourth-order valence-electron chi connectivity index (χ4n) is 3.73. The molecule has 0 N–H and O–H groups in total. The van der Waals surface area contributed by atoms with Crippen LogP contribution in [-0.4, -0.2) is 29.3 Å². The number of ketones is 1. The molecule has 3 saturated heterocycles. The molecule has 3 fully saturated rings. The van der Waals surface area contributed by atoms with Crippen LogP contribution >= 0.6 is 0 Å². The Morgan fingerprint density at radius 2 is 1.88 bits per heavy atom. The van der Waals surface area contributed by atoms with Gasteiger partial charge in [0.1, 0.15) is 5.78 Å². The summed E-state index contributed by atoms with van der Waals surface area (Å²) in [5, 5.41) is 0. The number of fused-ring (bicyclic) bond motifs is 3. The average molecular weight is 237 g/mol. The Balaban J connectivity index is 2.07. The topological polar surface area (TPSA) is 20.3 Å². The Hall–Kier alpha value is -0.370. The molecular weight excluding hydrogens is 210 g/mol. The van der Waals surface area contributed by atoms with E-state index in [0.717, 1.165) is 19.4 Å². The molecule has 3 aliphatic heterocycles. The number of rotatable bonds is 6. The van der Waals surface area contributed by atoms with Crippen LogP contribution in [0.4, 0.5) is 0 Å². The van der Waals surface area contributed by atoms with Gasteiger partial charge in [-0.15, -0.1) is 0 Å². The maximum Gasteiger partial charge on any atom is 0.150 e. The second-order valence-electron chi connectivity index (χ2n) is 6.01. The molecule has 2 atom stereocenters. The van der Waals surface area contributed by atoms with Gasteiger partial charge in [0.15, 0.2) is 0 Å². The quantitative estimate of drug-likeness (QED) is 0.705. The highest BCUT2D eigenvalue weighted by molar-refractivity contribution is 5.84. The normalized spacial score (nSPS) is 30.8. The third kappa shape index (κ3) is 2.57. The van der Waals surface area contributed by atoms with Gasteiger partial charge in [0, 0.05) is 11.5 Å². The predicted molar refractivity (Wildman–Crippen MR) is 71.1 cm³/mol. The molecule has 0 spiro atoms. The van der Waals surface area contributed by atoms with Gasteiger partial charge in [0.25, 0.3) is 0 Å². The lowest BCUT2D eigenvalue weighted by Gasteiger charge is -2.54. The van der Waals surface area contributed by atoms with E-state index < -0.39 is 0 Å². The summed E-state index contributed by atoms with van der Waals surface area (Å²) in [4.78, 5) is 14.4. The Morgan fingerprint density at radius 3 is 2.29 bits per heavy atom. The van der Waals surface area contributed by atoms with Crippen molar-refractivity contribution in [2.24, 2.45) is 5.92 Å². The van der Waals surface area contributed by atoms with Crippen molar-refractivity contribution in [1.29, 1.82) is 0 Å². The van der Waals surface area contributed by atoms with E-state index in [9.17, 15) is 4.79 Å². The number of carbonyl (C=O) groups excluding carboxylic acids is 1. The van der Waals surface area contributed by atoms with Gasteiger partial charge in [0.2, 0.25) is 0 Å². The van der Waals surface area contributed by atoms with E-state index in [1.165, 1.54) is 45.1 Å². The van der Waals surface area contributed by atoms with Crippen molar-refractivity contribution in [1.82, 2.24) is 4.90 Å². The number of nitrogens with zero attached hydrogens (tertiary/aromatic N) is 1. The predicted octanol–water partition coefficient (Wildman–Crippen LogP) is 3.40. The van der Waals surface area contributed by atoms with Crippen LogP contribution in [0.5, 0.6) is 0 Å². The summed E-state index contributed by atoms with van der Waals surface area (Å²) in [6, 6.07) is 0. The van der Waals surface area contributed by atoms with E-state index in [1.807, 2.05) is 0 Å². The summed E-state index contributed by atoms with van der Waals surface area (Å²) >= 11 is 0. The first kappa shape index (κ1) is 13.1. The molecule has 0 aromatic heterocycles. The monoisotopic (exact) mass is 237 g/mol. The lowest BCUT2D eigenvalue weighted by atomic mass is 9.69. The van der Waals surface area contributed by atoms with Crippen molar-refractivity contribution in [2.45, 2.75) is 70.8 Å². The third-order valence-electron chi connectivity index (χ3n) is 4.84. The third-order valence-corrected chi connectivity index (χ3v) is 4.84. The zero-order chi connectivity index (χ0) is 12.3. The number of unbranched alkanes of at least 4 members (excludes halogenated alkanes) is 2. The second kappa shape index (κ2) is 5.51. The fraction of sp³-hybridized carbons (Fsp3) is 0.933. The molecule has 98 valence electrons. The minimum atomic E-state index is 0.392. The van der Waals surface area contributed by atoms with E-state index in [0.29, 0.717) is 17.2 Å². The molecule has 3 heterocycles. The summed E-state index contributed by atoms with van der Waals surface area (Å²) in [5.41, 5.74) is 0.392. The molecule has 2 bridgehead atoms. The summed E-state index contributed by atoms with van der Waals surface area (Å²) in [6.45, 7) is 6.46. The van der Waals surface area contributed by atoms with E-state index in [-0.39, 0.29) is 0 Å². The molecule has 3 aliphatic rings. The molecule has 2 unspecified atom stereocenters. The number of hydrogen-bond donors (Lipinski definition) is 0. The maximum absolute atomic E-state index is 11.8. The van der Waals surface area contributed by atoms with Crippen molar-refractivity contribution in [3.05, 3.63) is 0 Å². The molecule has 0 amide bonds. The zero-order valence-electron chi connectivity index (χ0n) is 11.5. The van der Waals surface area contributed by atoms with Gasteiger partial charge in [-0.1, -0.05) is 39.5 Å². The SMILES string of the molecule is CCCCC1(CCCC)CC2CCN1CC2=O. The van der Waals surface area contributed by atoms with Crippen LogP contribution in [0.2, 0.25) is 0 Å². The Labute approximate surface area is 106 Å². The van der Waals surface area contributed by atoms with Gasteiger partial charge in [-0.3, -0.25) is 9.69 Å². The van der Waals surface area contributed by atoms with Gasteiger partial charge in [-0.25, -0.2) is 0 Å². The van der Waals surface area contributed by atoms with Crippen LogP contribution in [0.15, 0.2) is 0 Å². The highest BCUT2D eigenvalue weighted by atomic mass is 16.1. The maximum atomic E-state index is 11.8. The van der Waals surface area contributed by atoms with Crippen molar-refractivity contribution in [3.8, 4) is 0 Å². The minimum absolute atomic E-state index is 0.392. The smallest absolute Gasteiger partial charge is 0.150 e. The summed E-state index contributed by atoms with van der Waals surface area (Å²) in [7, 11) is 0. The van der Waals surface area contributed by atoms with Crippen molar-refractivity contribution in [3.63, 3.8) is 0 Å². The van der Waals surface area contributed by atoms with E-state index in [4.69, 9.17) is 0 Å². The van der Waals surface area contributed by atoms with Gasteiger partial charge in [-0.05, 0) is 32.2 Å². The standard InChI is InChI=1S/C15H27NO/c1-3-5-8-15(9-6-4-2)11-13-7-10-16(15)12-14(13)17/h13H,3-12H2,1-2H3. The first-order valence-corrected chi connectivity index (χ1v) is 7.49. The number of hydrogen-bond acceptors (Lipinski definition) is 2. The highest BCUT2D eigenvalue weighted by Gasteiger charge is 2.48. The van der Waals surface area contributed by atoms with E-state index >= 15 is 0 Å². The lowest BCUT2D eigenvalue weighted by molar-refractivity contribution is -0.140. The largest absolute Gasteiger partial charge is 0.298 e. The van der Waals surface area contributed by atoms with Gasteiger partial charge >= 0.3 is 0 Å². The minimum Gasteiger partial charge on any atom is -0.298 e. The zero-order valence-corrected chi connectivity index (χ0v) is 11.5. The summed E-state index contributed by atoms with van der Waals surface area (Å²) < 4.78 is 0. The molecule has 0 aliphatic carbocycles. The number of carbonyl (C=O) groups is 1. The van der Waals surface area contributed by atoms with Crippen LogP contribution in [-0.2, 0) is 4.79 Å².